The van der Waals surface area contributed by atoms with E-state index in [-0.39, 0.29) is 0 Å². The minimum atomic E-state index is 0.386. The molecule has 3 aromatic rings. The Hall–Kier alpha value is -1.64. The van der Waals surface area contributed by atoms with Gasteiger partial charge in [-0.25, -0.2) is 0 Å². The first-order valence-electron chi connectivity index (χ1n) is 5.77. The van der Waals surface area contributed by atoms with Crippen LogP contribution in [-0.2, 0) is 6.61 Å². The monoisotopic (exact) mass is 292 g/mol. The van der Waals surface area contributed by atoms with Crippen molar-refractivity contribution in [3.8, 4) is 5.75 Å². The maximum Gasteiger partial charge on any atom is 0.135 e. The van der Waals surface area contributed by atoms with E-state index in [1.165, 1.54) is 0 Å². The molecule has 0 aliphatic heterocycles. The third-order valence-electron chi connectivity index (χ3n) is 2.82. The molecule has 0 saturated carbocycles. The molecule has 0 amide bonds. The van der Waals surface area contributed by atoms with Gasteiger partial charge in [-0.05, 0) is 30.3 Å². The van der Waals surface area contributed by atoms with E-state index in [0.29, 0.717) is 22.4 Å². The molecule has 0 fully saturated rings. The number of ether oxygens (including phenoxy) is 1. The van der Waals surface area contributed by atoms with Crippen LogP contribution in [0.5, 0.6) is 5.75 Å². The molecule has 0 atom stereocenters. The van der Waals surface area contributed by atoms with E-state index in [2.05, 4.69) is 0 Å². The highest BCUT2D eigenvalue weighted by atomic mass is 35.5. The quantitative estimate of drug-likeness (QED) is 0.652. The van der Waals surface area contributed by atoms with Crippen molar-refractivity contribution in [2.45, 2.75) is 6.61 Å². The number of halogens is 2. The molecule has 0 radical (unpaired) electrons. The van der Waals surface area contributed by atoms with Gasteiger partial charge in [0, 0.05) is 16.0 Å². The van der Waals surface area contributed by atoms with Gasteiger partial charge in [-0.3, -0.25) is 0 Å². The lowest BCUT2D eigenvalue weighted by atomic mass is 10.2. The van der Waals surface area contributed by atoms with Crippen LogP contribution in [0.1, 0.15) is 5.56 Å². The van der Waals surface area contributed by atoms with Crippen LogP contribution < -0.4 is 4.74 Å². The van der Waals surface area contributed by atoms with E-state index in [4.69, 9.17) is 32.4 Å². The molecule has 0 unspecified atom stereocenters. The summed E-state index contributed by atoms with van der Waals surface area (Å²) in [6.45, 7) is 0.386. The summed E-state index contributed by atoms with van der Waals surface area (Å²) >= 11 is 12.1. The van der Waals surface area contributed by atoms with Crippen LogP contribution in [0.25, 0.3) is 11.0 Å². The Labute approximate surface area is 120 Å². The molecule has 0 aliphatic rings. The Kier molecular flexibility index (Phi) is 3.36. The summed E-state index contributed by atoms with van der Waals surface area (Å²) in [5.41, 5.74) is 1.68. The first kappa shape index (κ1) is 12.4. The van der Waals surface area contributed by atoms with Crippen LogP contribution in [0, 0.1) is 0 Å². The molecule has 2 nitrogen and oxygen atoms in total. The molecule has 0 spiro atoms. The standard InChI is InChI=1S/C15H10Cl2O2/c16-11-3-1-4-12(7-11)18-8-10-9-19-14-6-2-5-13(17)15(10)14/h1-7,9H,8H2. The zero-order chi connectivity index (χ0) is 13.2. The van der Waals surface area contributed by atoms with Crippen molar-refractivity contribution >= 4 is 34.2 Å². The summed E-state index contributed by atoms with van der Waals surface area (Å²) < 4.78 is 11.1. The van der Waals surface area contributed by atoms with E-state index >= 15 is 0 Å². The van der Waals surface area contributed by atoms with Crippen molar-refractivity contribution in [3.05, 3.63) is 64.3 Å². The molecule has 4 heteroatoms. The van der Waals surface area contributed by atoms with Gasteiger partial charge in [-0.15, -0.1) is 0 Å². The highest BCUT2D eigenvalue weighted by Crippen LogP contribution is 2.29. The van der Waals surface area contributed by atoms with Crippen molar-refractivity contribution in [1.29, 1.82) is 0 Å². The summed E-state index contributed by atoms with van der Waals surface area (Å²) in [7, 11) is 0. The number of rotatable bonds is 3. The first-order valence-corrected chi connectivity index (χ1v) is 6.52. The second kappa shape index (κ2) is 5.16. The summed E-state index contributed by atoms with van der Waals surface area (Å²) in [4.78, 5) is 0. The van der Waals surface area contributed by atoms with E-state index in [9.17, 15) is 0 Å². The van der Waals surface area contributed by atoms with Gasteiger partial charge in [0.2, 0.25) is 0 Å². The fourth-order valence-electron chi connectivity index (χ4n) is 1.93. The average molecular weight is 293 g/mol. The molecule has 96 valence electrons. The molecule has 1 aromatic heterocycles. The molecule has 0 N–H and O–H groups in total. The van der Waals surface area contributed by atoms with E-state index in [1.807, 2.05) is 30.3 Å². The number of benzene rings is 2. The highest BCUT2D eigenvalue weighted by molar-refractivity contribution is 6.35. The van der Waals surface area contributed by atoms with Gasteiger partial charge in [0.25, 0.3) is 0 Å². The fourth-order valence-corrected chi connectivity index (χ4v) is 2.40. The zero-order valence-electron chi connectivity index (χ0n) is 9.90. The van der Waals surface area contributed by atoms with E-state index < -0.39 is 0 Å². The molecule has 0 aliphatic carbocycles. The highest BCUT2D eigenvalue weighted by Gasteiger charge is 2.09. The molecular weight excluding hydrogens is 283 g/mol. The van der Waals surface area contributed by atoms with Crippen molar-refractivity contribution in [2.75, 3.05) is 0 Å². The number of fused-ring (bicyclic) bond motifs is 1. The molecule has 0 saturated heterocycles. The number of furan rings is 1. The molecule has 1 heterocycles. The lowest BCUT2D eigenvalue weighted by Gasteiger charge is -2.05. The predicted molar refractivity (Wildman–Crippen MR) is 77.0 cm³/mol. The van der Waals surface area contributed by atoms with Gasteiger partial charge in [-0.1, -0.05) is 35.3 Å². The predicted octanol–water partition coefficient (Wildman–Crippen LogP) is 5.32. The maximum atomic E-state index is 6.17. The third-order valence-corrected chi connectivity index (χ3v) is 3.37. The topological polar surface area (TPSA) is 22.4 Å². The molecular formula is C15H10Cl2O2. The molecule has 3 rings (SSSR count). The largest absolute Gasteiger partial charge is 0.489 e. The lowest BCUT2D eigenvalue weighted by Crippen LogP contribution is -1.94. The minimum absolute atomic E-state index is 0.386. The third kappa shape index (κ3) is 2.55. The van der Waals surface area contributed by atoms with Gasteiger partial charge in [0.15, 0.2) is 0 Å². The normalized spacial score (nSPS) is 10.8. The minimum Gasteiger partial charge on any atom is -0.489 e. The van der Waals surface area contributed by atoms with Crippen LogP contribution in [0.3, 0.4) is 0 Å². The average Bonchev–Trinajstić information content (AvgIpc) is 2.81. The maximum absolute atomic E-state index is 6.17. The van der Waals surface area contributed by atoms with Crippen LogP contribution in [-0.4, -0.2) is 0 Å². The van der Waals surface area contributed by atoms with Crippen LogP contribution in [0.4, 0.5) is 0 Å². The van der Waals surface area contributed by atoms with Gasteiger partial charge in [0.1, 0.15) is 17.9 Å². The smallest absolute Gasteiger partial charge is 0.135 e. The Balaban J connectivity index is 1.86. The SMILES string of the molecule is Clc1cccc(OCc2coc3cccc(Cl)c23)c1. The van der Waals surface area contributed by atoms with Gasteiger partial charge in [0.05, 0.1) is 11.3 Å². The molecule has 19 heavy (non-hydrogen) atoms. The Morgan fingerprint density at radius 3 is 2.74 bits per heavy atom. The van der Waals surface area contributed by atoms with Crippen molar-refractivity contribution in [2.24, 2.45) is 0 Å². The Bertz CT molecular complexity index is 719. The Morgan fingerprint density at radius 2 is 1.89 bits per heavy atom. The molecule has 0 bridgehead atoms. The summed E-state index contributed by atoms with van der Waals surface area (Å²) in [6, 6.07) is 12.8. The van der Waals surface area contributed by atoms with Crippen LogP contribution in [0.2, 0.25) is 10.0 Å². The lowest BCUT2D eigenvalue weighted by molar-refractivity contribution is 0.306. The van der Waals surface area contributed by atoms with Gasteiger partial charge in [-0.2, -0.15) is 0 Å². The number of hydrogen-bond donors (Lipinski definition) is 0. The summed E-state index contributed by atoms with van der Waals surface area (Å²) in [5.74, 6) is 0.717. The van der Waals surface area contributed by atoms with Gasteiger partial charge < -0.3 is 9.15 Å². The van der Waals surface area contributed by atoms with Gasteiger partial charge >= 0.3 is 0 Å². The molecule has 2 aromatic carbocycles. The van der Waals surface area contributed by atoms with E-state index in [0.717, 1.165) is 16.5 Å². The second-order valence-electron chi connectivity index (χ2n) is 4.12. The van der Waals surface area contributed by atoms with E-state index in [1.54, 1.807) is 18.4 Å². The zero-order valence-corrected chi connectivity index (χ0v) is 11.4. The fraction of sp³-hybridized carbons (Fsp3) is 0.0667. The second-order valence-corrected chi connectivity index (χ2v) is 4.96. The van der Waals surface area contributed by atoms with Crippen molar-refractivity contribution < 1.29 is 9.15 Å². The number of hydrogen-bond acceptors (Lipinski definition) is 2. The van der Waals surface area contributed by atoms with Crippen molar-refractivity contribution in [1.82, 2.24) is 0 Å². The Morgan fingerprint density at radius 1 is 1.05 bits per heavy atom. The van der Waals surface area contributed by atoms with Crippen molar-refractivity contribution in [3.63, 3.8) is 0 Å². The van der Waals surface area contributed by atoms with Crippen LogP contribution in [0.15, 0.2) is 53.1 Å². The van der Waals surface area contributed by atoms with Crippen LogP contribution >= 0.6 is 23.2 Å². The first-order chi connectivity index (χ1) is 9.24. The summed E-state index contributed by atoms with van der Waals surface area (Å²) in [6.07, 6.45) is 1.67. The summed E-state index contributed by atoms with van der Waals surface area (Å²) in [5, 5.41) is 2.20.